The molecule has 1 fully saturated rings. The van der Waals surface area contributed by atoms with Crippen LogP contribution in [0.1, 0.15) is 46.5 Å². The summed E-state index contributed by atoms with van der Waals surface area (Å²) in [6.45, 7) is 11.6. The average molecular weight is 406 g/mol. The van der Waals surface area contributed by atoms with E-state index in [1.165, 1.54) is 25.9 Å². The summed E-state index contributed by atoms with van der Waals surface area (Å²) < 4.78 is 5.44. The van der Waals surface area contributed by atoms with Gasteiger partial charge in [-0.15, -0.1) is 0 Å². The third-order valence-electron chi connectivity index (χ3n) is 5.12. The third-order valence-corrected chi connectivity index (χ3v) is 5.12. The number of hydrogen-bond donors (Lipinski definition) is 3. The lowest BCUT2D eigenvalue weighted by Crippen LogP contribution is -3.12. The van der Waals surface area contributed by atoms with Gasteiger partial charge in [0.05, 0.1) is 32.3 Å². The van der Waals surface area contributed by atoms with Crippen molar-refractivity contribution >= 4 is 17.6 Å². The Morgan fingerprint density at radius 1 is 1.14 bits per heavy atom. The molecule has 7 heteroatoms. The molecule has 0 aromatic heterocycles. The summed E-state index contributed by atoms with van der Waals surface area (Å²) in [6.07, 6.45) is 3.66. The van der Waals surface area contributed by atoms with Gasteiger partial charge < -0.3 is 25.2 Å². The molecule has 1 aliphatic rings. The summed E-state index contributed by atoms with van der Waals surface area (Å²) in [5.41, 5.74) is 0.832. The lowest BCUT2D eigenvalue weighted by molar-refractivity contribution is -0.900. The van der Waals surface area contributed by atoms with Gasteiger partial charge in [-0.3, -0.25) is 4.79 Å². The van der Waals surface area contributed by atoms with Crippen LogP contribution in [0, 0.1) is 0 Å². The molecule has 1 atom stereocenters. The Balaban J connectivity index is 1.72. The largest absolute Gasteiger partial charge is 0.494 e. The zero-order chi connectivity index (χ0) is 21.1. The molecule has 1 aromatic rings. The van der Waals surface area contributed by atoms with Crippen LogP contribution in [0.25, 0.3) is 0 Å². The number of anilines is 1. The van der Waals surface area contributed by atoms with Gasteiger partial charge in [0.1, 0.15) is 5.75 Å². The Morgan fingerprint density at radius 3 is 2.45 bits per heavy atom. The molecule has 1 aliphatic heterocycles. The van der Waals surface area contributed by atoms with Gasteiger partial charge >= 0.3 is 6.03 Å². The van der Waals surface area contributed by atoms with Gasteiger partial charge in [-0.1, -0.05) is 13.8 Å². The predicted octanol–water partition coefficient (Wildman–Crippen LogP) is 1.58. The molecule has 0 bridgehead atoms. The molecule has 1 aromatic carbocycles. The van der Waals surface area contributed by atoms with Gasteiger partial charge in [-0.05, 0) is 44.0 Å². The molecule has 0 radical (unpaired) electrons. The van der Waals surface area contributed by atoms with Crippen molar-refractivity contribution in [3.8, 4) is 5.75 Å². The van der Waals surface area contributed by atoms with Crippen LogP contribution in [0.4, 0.5) is 10.5 Å². The van der Waals surface area contributed by atoms with E-state index in [-0.39, 0.29) is 18.0 Å². The number of urea groups is 1. The van der Waals surface area contributed by atoms with E-state index in [0.29, 0.717) is 26.1 Å². The van der Waals surface area contributed by atoms with Crippen molar-refractivity contribution in [3.63, 3.8) is 0 Å². The minimum Gasteiger partial charge on any atom is -0.494 e. The molecule has 29 heavy (non-hydrogen) atoms. The van der Waals surface area contributed by atoms with Crippen molar-refractivity contribution in [2.45, 2.75) is 52.5 Å². The maximum absolute atomic E-state index is 12.4. The fourth-order valence-electron chi connectivity index (χ4n) is 3.80. The molecule has 0 saturated carbocycles. The molecule has 162 valence electrons. The topological polar surface area (TPSA) is 75.1 Å². The first-order valence-electron chi connectivity index (χ1n) is 11.0. The van der Waals surface area contributed by atoms with Crippen LogP contribution in [-0.2, 0) is 4.79 Å². The second-order valence-corrected chi connectivity index (χ2v) is 7.59. The molecule has 3 N–H and O–H groups in total. The van der Waals surface area contributed by atoms with Crippen molar-refractivity contribution in [2.75, 3.05) is 44.2 Å². The Kier molecular flexibility index (Phi) is 9.77. The standard InChI is InChI=1S/C22H36N4O3/c1-4-13-25(14-5-2)15-7-12-23-22(28)24-18-16-21(27)26(17-18)19-8-10-20(11-9-19)29-6-3/h8-11,18H,4-7,12-17H2,1-3H3,(H2,23,24,28)/p+1/t18-/m1/s1. The van der Waals surface area contributed by atoms with Gasteiger partial charge in [-0.25, -0.2) is 4.79 Å². The van der Waals surface area contributed by atoms with Crippen molar-refractivity contribution in [1.82, 2.24) is 10.6 Å². The van der Waals surface area contributed by atoms with Crippen molar-refractivity contribution in [2.24, 2.45) is 0 Å². The summed E-state index contributed by atoms with van der Waals surface area (Å²) in [5, 5.41) is 5.87. The highest BCUT2D eigenvalue weighted by molar-refractivity contribution is 5.96. The second kappa shape index (κ2) is 12.3. The van der Waals surface area contributed by atoms with E-state index in [0.717, 1.165) is 24.4 Å². The first-order valence-corrected chi connectivity index (χ1v) is 11.0. The van der Waals surface area contributed by atoms with Crippen LogP contribution in [0.15, 0.2) is 24.3 Å². The number of hydrogen-bond acceptors (Lipinski definition) is 3. The fourth-order valence-corrected chi connectivity index (χ4v) is 3.80. The molecule has 0 spiro atoms. The van der Waals surface area contributed by atoms with Gasteiger partial charge in [0.2, 0.25) is 5.91 Å². The minimum atomic E-state index is -0.191. The molecular formula is C22H37N4O3+. The summed E-state index contributed by atoms with van der Waals surface area (Å²) >= 11 is 0. The summed E-state index contributed by atoms with van der Waals surface area (Å²) in [4.78, 5) is 27.9. The van der Waals surface area contributed by atoms with E-state index in [1.807, 2.05) is 31.2 Å². The first-order chi connectivity index (χ1) is 14.1. The molecular weight excluding hydrogens is 368 g/mol. The Morgan fingerprint density at radius 2 is 1.83 bits per heavy atom. The predicted molar refractivity (Wildman–Crippen MR) is 116 cm³/mol. The highest BCUT2D eigenvalue weighted by Crippen LogP contribution is 2.24. The number of ether oxygens (including phenoxy) is 1. The lowest BCUT2D eigenvalue weighted by Gasteiger charge is -2.19. The van der Waals surface area contributed by atoms with Crippen LogP contribution in [0.3, 0.4) is 0 Å². The van der Waals surface area contributed by atoms with Crippen molar-refractivity contribution < 1.29 is 19.2 Å². The first kappa shape index (κ1) is 23.0. The molecule has 2 rings (SSSR count). The minimum absolute atomic E-state index is 0.0258. The Bertz CT molecular complexity index is 629. The zero-order valence-corrected chi connectivity index (χ0v) is 18.1. The number of carbonyl (C=O) groups is 2. The maximum Gasteiger partial charge on any atom is 0.315 e. The molecule has 3 amide bonds. The number of carbonyl (C=O) groups excluding carboxylic acids is 2. The highest BCUT2D eigenvalue weighted by Gasteiger charge is 2.31. The number of rotatable bonds is 12. The monoisotopic (exact) mass is 405 g/mol. The Labute approximate surface area is 174 Å². The van der Waals surface area contributed by atoms with E-state index >= 15 is 0 Å². The van der Waals surface area contributed by atoms with E-state index in [1.54, 1.807) is 9.80 Å². The Hall–Kier alpha value is -2.28. The molecule has 0 aliphatic carbocycles. The highest BCUT2D eigenvalue weighted by atomic mass is 16.5. The van der Waals surface area contributed by atoms with Gasteiger partial charge in [0.15, 0.2) is 0 Å². The SMILES string of the molecule is CCC[NH+](CCC)CCCNC(=O)N[C@@H]1CC(=O)N(c2ccc(OCC)cc2)C1. The molecule has 1 heterocycles. The maximum atomic E-state index is 12.4. The van der Waals surface area contributed by atoms with E-state index < -0.39 is 0 Å². The molecule has 0 unspecified atom stereocenters. The fraction of sp³-hybridized carbons (Fsp3) is 0.636. The number of quaternary nitrogens is 1. The number of amides is 3. The summed E-state index contributed by atoms with van der Waals surface area (Å²) in [6, 6.07) is 7.13. The van der Waals surface area contributed by atoms with Crippen LogP contribution in [-0.4, -0.2) is 57.3 Å². The summed E-state index contributed by atoms with van der Waals surface area (Å²) in [7, 11) is 0. The van der Waals surface area contributed by atoms with Crippen LogP contribution in [0.5, 0.6) is 5.75 Å². The smallest absolute Gasteiger partial charge is 0.315 e. The number of nitrogens with one attached hydrogen (secondary N) is 3. The van der Waals surface area contributed by atoms with E-state index in [4.69, 9.17) is 4.74 Å². The van der Waals surface area contributed by atoms with Crippen LogP contribution < -0.4 is 25.2 Å². The third kappa shape index (κ3) is 7.57. The van der Waals surface area contributed by atoms with Gasteiger partial charge in [0, 0.05) is 31.6 Å². The van der Waals surface area contributed by atoms with Gasteiger partial charge in [-0.2, -0.15) is 0 Å². The number of benzene rings is 1. The normalized spacial score (nSPS) is 16.3. The van der Waals surface area contributed by atoms with Crippen molar-refractivity contribution in [3.05, 3.63) is 24.3 Å². The second-order valence-electron chi connectivity index (χ2n) is 7.59. The molecule has 7 nitrogen and oxygen atoms in total. The van der Waals surface area contributed by atoms with E-state index in [2.05, 4.69) is 24.5 Å². The lowest BCUT2D eigenvalue weighted by atomic mass is 10.2. The van der Waals surface area contributed by atoms with Crippen LogP contribution >= 0.6 is 0 Å². The molecule has 1 saturated heterocycles. The van der Waals surface area contributed by atoms with Gasteiger partial charge in [0.25, 0.3) is 0 Å². The van der Waals surface area contributed by atoms with E-state index in [9.17, 15) is 9.59 Å². The van der Waals surface area contributed by atoms with Crippen LogP contribution in [0.2, 0.25) is 0 Å². The zero-order valence-electron chi connectivity index (χ0n) is 18.1. The van der Waals surface area contributed by atoms with Crippen molar-refractivity contribution in [1.29, 1.82) is 0 Å². The number of nitrogens with zero attached hydrogens (tertiary/aromatic N) is 1. The quantitative estimate of drug-likeness (QED) is 0.462. The average Bonchev–Trinajstić information content (AvgIpc) is 3.06. The summed E-state index contributed by atoms with van der Waals surface area (Å²) in [5.74, 6) is 0.813.